The van der Waals surface area contributed by atoms with Crippen LogP contribution >= 0.6 is 22.9 Å². The van der Waals surface area contributed by atoms with Gasteiger partial charge in [-0.05, 0) is 44.2 Å². The van der Waals surface area contributed by atoms with Gasteiger partial charge in [0.15, 0.2) is 0 Å². The maximum absolute atomic E-state index is 12.9. The third kappa shape index (κ3) is 3.72. The van der Waals surface area contributed by atoms with Gasteiger partial charge in [0.25, 0.3) is 17.5 Å². The molecule has 2 N–H and O–H groups in total. The topological polar surface area (TPSA) is 97.1 Å². The third-order valence-corrected chi connectivity index (χ3v) is 5.62. The summed E-state index contributed by atoms with van der Waals surface area (Å²) < 4.78 is 5.28. The first kappa shape index (κ1) is 19.1. The number of fused-ring (bicyclic) bond motifs is 1. The molecule has 0 atom stereocenters. The molecule has 4 rings (SSSR count). The molecule has 0 bridgehead atoms. The Bertz CT molecular complexity index is 1250. The smallest absolute Gasteiger partial charge is 0.271 e. The number of benzene rings is 1. The number of carbonyl (C=O) groups excluding carboxylic acids is 2. The minimum absolute atomic E-state index is 0.255. The molecule has 4 aromatic rings. The Balaban J connectivity index is 1.65. The van der Waals surface area contributed by atoms with E-state index in [1.807, 2.05) is 19.1 Å². The van der Waals surface area contributed by atoms with E-state index in [4.69, 9.17) is 16.1 Å². The Kier molecular flexibility index (Phi) is 5.04. The van der Waals surface area contributed by atoms with Crippen molar-refractivity contribution in [1.82, 2.24) is 21.0 Å². The van der Waals surface area contributed by atoms with E-state index in [2.05, 4.69) is 21.0 Å². The van der Waals surface area contributed by atoms with Crippen LogP contribution in [0.4, 0.5) is 0 Å². The molecular formula is C20H15ClN4O3S. The predicted molar refractivity (Wildman–Crippen MR) is 111 cm³/mol. The van der Waals surface area contributed by atoms with Crippen LogP contribution in [0, 0.1) is 13.8 Å². The number of hydrazine groups is 1. The molecule has 0 aliphatic carbocycles. The van der Waals surface area contributed by atoms with E-state index in [1.165, 1.54) is 0 Å². The third-order valence-electron chi connectivity index (χ3n) is 4.26. The van der Waals surface area contributed by atoms with E-state index in [0.717, 1.165) is 9.75 Å². The maximum Gasteiger partial charge on any atom is 0.271 e. The molecule has 0 aliphatic heterocycles. The van der Waals surface area contributed by atoms with Crippen molar-refractivity contribution in [3.63, 3.8) is 0 Å². The molecule has 0 radical (unpaired) electrons. The Morgan fingerprint density at radius 3 is 2.45 bits per heavy atom. The molecule has 0 unspecified atom stereocenters. The Morgan fingerprint density at radius 1 is 1.03 bits per heavy atom. The molecule has 146 valence electrons. The number of hydrogen-bond acceptors (Lipinski definition) is 6. The molecule has 0 fully saturated rings. The van der Waals surface area contributed by atoms with Gasteiger partial charge in [0, 0.05) is 4.88 Å². The molecule has 3 heterocycles. The molecule has 1 aromatic carbocycles. The van der Waals surface area contributed by atoms with E-state index in [-0.39, 0.29) is 16.3 Å². The fourth-order valence-electron chi connectivity index (χ4n) is 2.87. The van der Waals surface area contributed by atoms with E-state index in [0.29, 0.717) is 22.3 Å². The minimum Gasteiger partial charge on any atom is -0.335 e. The molecule has 7 nitrogen and oxygen atoms in total. The average molecular weight is 427 g/mol. The molecule has 0 saturated carbocycles. The van der Waals surface area contributed by atoms with Crippen molar-refractivity contribution in [3.05, 3.63) is 69.2 Å². The number of hydrogen-bond donors (Lipinski definition) is 2. The van der Waals surface area contributed by atoms with Crippen molar-refractivity contribution in [3.8, 4) is 10.6 Å². The molecular weight excluding hydrogens is 412 g/mol. The molecule has 9 heteroatoms. The Morgan fingerprint density at radius 2 is 1.76 bits per heavy atom. The number of nitrogens with zero attached hydrogens (tertiary/aromatic N) is 2. The van der Waals surface area contributed by atoms with E-state index in [1.54, 1.807) is 48.6 Å². The minimum atomic E-state index is -0.523. The van der Waals surface area contributed by atoms with Crippen molar-refractivity contribution in [2.75, 3.05) is 0 Å². The number of aromatic nitrogens is 2. The van der Waals surface area contributed by atoms with Crippen molar-refractivity contribution >= 4 is 45.9 Å². The number of thiophene rings is 1. The summed E-state index contributed by atoms with van der Waals surface area (Å²) in [6.07, 6.45) is 0. The van der Waals surface area contributed by atoms with Gasteiger partial charge in [0.05, 0.1) is 37.8 Å². The van der Waals surface area contributed by atoms with Crippen molar-refractivity contribution in [1.29, 1.82) is 0 Å². The zero-order valence-corrected chi connectivity index (χ0v) is 17.0. The van der Waals surface area contributed by atoms with Gasteiger partial charge < -0.3 is 4.52 Å². The number of pyridine rings is 1. The normalized spacial score (nSPS) is 10.9. The number of amides is 2. The summed E-state index contributed by atoms with van der Waals surface area (Å²) in [6.45, 7) is 3.71. The van der Waals surface area contributed by atoms with Gasteiger partial charge in [-0.15, -0.1) is 11.3 Å². The zero-order chi connectivity index (χ0) is 20.5. The molecule has 0 spiro atoms. The highest BCUT2D eigenvalue weighted by Crippen LogP contribution is 2.31. The van der Waals surface area contributed by atoms with Gasteiger partial charge in [0.2, 0.25) is 0 Å². The molecule has 3 aromatic heterocycles. The lowest BCUT2D eigenvalue weighted by molar-refractivity contribution is 0.0847. The monoisotopic (exact) mass is 426 g/mol. The maximum atomic E-state index is 12.9. The molecule has 2 amide bonds. The van der Waals surface area contributed by atoms with Crippen LogP contribution in [0.3, 0.4) is 0 Å². The van der Waals surface area contributed by atoms with E-state index in [9.17, 15) is 9.59 Å². The van der Waals surface area contributed by atoms with Crippen molar-refractivity contribution in [2.24, 2.45) is 0 Å². The fourth-order valence-corrected chi connectivity index (χ4v) is 3.92. The number of halogens is 1. The summed E-state index contributed by atoms with van der Waals surface area (Å²) >= 11 is 7.58. The second-order valence-corrected chi connectivity index (χ2v) is 8.00. The summed E-state index contributed by atoms with van der Waals surface area (Å²) in [5.74, 6) is -1.04. The highest BCUT2D eigenvalue weighted by Gasteiger charge is 2.20. The van der Waals surface area contributed by atoms with Crippen molar-refractivity contribution in [2.45, 2.75) is 13.8 Å². The van der Waals surface area contributed by atoms with Crippen LogP contribution in [0.15, 0.2) is 47.0 Å². The average Bonchev–Trinajstić information content (AvgIpc) is 3.31. The van der Waals surface area contributed by atoms with Gasteiger partial charge >= 0.3 is 0 Å². The molecule has 0 aliphatic rings. The molecule has 29 heavy (non-hydrogen) atoms. The van der Waals surface area contributed by atoms with Crippen LogP contribution in [-0.2, 0) is 0 Å². The highest BCUT2D eigenvalue weighted by molar-refractivity contribution is 7.15. The quantitative estimate of drug-likeness (QED) is 0.476. The Hall–Kier alpha value is -3.23. The highest BCUT2D eigenvalue weighted by atomic mass is 35.5. The summed E-state index contributed by atoms with van der Waals surface area (Å²) in [5.41, 5.74) is 6.75. The first-order valence-electron chi connectivity index (χ1n) is 8.63. The van der Waals surface area contributed by atoms with Crippen LogP contribution in [0.1, 0.15) is 31.3 Å². The fraction of sp³-hybridized carbons (Fsp3) is 0.100. The lowest BCUT2D eigenvalue weighted by Gasteiger charge is -2.10. The largest absolute Gasteiger partial charge is 0.335 e. The van der Waals surface area contributed by atoms with Crippen LogP contribution < -0.4 is 10.9 Å². The lowest BCUT2D eigenvalue weighted by atomic mass is 10.1. The number of aryl methyl sites for hydroxylation is 2. The second-order valence-electron chi connectivity index (χ2n) is 6.30. The molecule has 0 saturated heterocycles. The number of rotatable bonds is 3. The second kappa shape index (κ2) is 7.65. The first-order valence-corrected chi connectivity index (χ1v) is 9.82. The van der Waals surface area contributed by atoms with Gasteiger partial charge in [-0.3, -0.25) is 20.4 Å². The van der Waals surface area contributed by atoms with Crippen LogP contribution in [0.5, 0.6) is 0 Å². The van der Waals surface area contributed by atoms with Crippen LogP contribution in [0.25, 0.3) is 21.7 Å². The van der Waals surface area contributed by atoms with E-state index < -0.39 is 11.8 Å². The number of carbonyl (C=O) groups is 2. The van der Waals surface area contributed by atoms with Gasteiger partial charge in [0.1, 0.15) is 0 Å². The summed E-state index contributed by atoms with van der Waals surface area (Å²) in [5, 5.41) is 4.69. The first-order chi connectivity index (χ1) is 13.9. The predicted octanol–water partition coefficient (Wildman–Crippen LogP) is 4.30. The summed E-state index contributed by atoms with van der Waals surface area (Å²) in [7, 11) is 0. The van der Waals surface area contributed by atoms with Gasteiger partial charge in [-0.2, -0.15) is 0 Å². The van der Waals surface area contributed by atoms with E-state index >= 15 is 0 Å². The van der Waals surface area contributed by atoms with Gasteiger partial charge in [-0.1, -0.05) is 28.9 Å². The summed E-state index contributed by atoms with van der Waals surface area (Å²) in [4.78, 5) is 31.7. The van der Waals surface area contributed by atoms with Crippen LogP contribution in [-0.4, -0.2) is 22.0 Å². The Labute approximate surface area is 174 Å². The number of nitrogens with one attached hydrogen (secondary N) is 2. The van der Waals surface area contributed by atoms with Gasteiger partial charge in [-0.25, -0.2) is 4.98 Å². The standard InChI is InChI=1S/C20H15ClN4O3S/c1-10-7-8-16(29-10)15-9-13(17-11(2)25-28-20(17)22-15)19(27)24-23-18(26)12-5-3-4-6-14(12)21/h3-9H,1-2H3,(H,23,26)(H,24,27). The van der Waals surface area contributed by atoms with Crippen molar-refractivity contribution < 1.29 is 14.1 Å². The SMILES string of the molecule is Cc1ccc(-c2cc(C(=O)NNC(=O)c3ccccc3Cl)c3c(C)noc3n2)s1. The zero-order valence-electron chi connectivity index (χ0n) is 15.4. The summed E-state index contributed by atoms with van der Waals surface area (Å²) in [6, 6.07) is 12.1. The van der Waals surface area contributed by atoms with Crippen LogP contribution in [0.2, 0.25) is 5.02 Å². The lowest BCUT2D eigenvalue weighted by Crippen LogP contribution is -2.41.